The minimum atomic E-state index is -0.0638. The molecule has 0 radical (unpaired) electrons. The van der Waals surface area contributed by atoms with Gasteiger partial charge in [0.1, 0.15) is 11.9 Å². The van der Waals surface area contributed by atoms with Crippen molar-refractivity contribution in [1.29, 1.82) is 0 Å². The van der Waals surface area contributed by atoms with E-state index in [1.807, 2.05) is 18.2 Å². The number of hydrogen-bond acceptors (Lipinski definition) is 3. The number of nitrogens with two attached hydrogens (primary N) is 1. The van der Waals surface area contributed by atoms with Crippen LogP contribution in [0.1, 0.15) is 18.1 Å². The van der Waals surface area contributed by atoms with Crippen LogP contribution < -0.4 is 10.5 Å². The number of hydrogen-bond donors (Lipinski definition) is 1. The highest BCUT2D eigenvalue weighted by molar-refractivity contribution is 5.88. The average molecular weight is 243 g/mol. The summed E-state index contributed by atoms with van der Waals surface area (Å²) in [5.74, 6) is 0.857. The number of ether oxygens (including phenoxy) is 2. The Kier molecular flexibility index (Phi) is 2.94. The highest BCUT2D eigenvalue weighted by atomic mass is 16.5. The fourth-order valence-electron chi connectivity index (χ4n) is 2.65. The molecule has 2 N–H and O–H groups in total. The Morgan fingerprint density at radius 2 is 2.06 bits per heavy atom. The Morgan fingerprint density at radius 3 is 2.78 bits per heavy atom. The molecule has 0 bridgehead atoms. The summed E-state index contributed by atoms with van der Waals surface area (Å²) in [7, 11) is 1.69. The molecule has 3 rings (SSSR count). The van der Waals surface area contributed by atoms with E-state index in [9.17, 15) is 0 Å². The summed E-state index contributed by atoms with van der Waals surface area (Å²) in [6.07, 6.45) is 0.836. The first-order chi connectivity index (χ1) is 8.81. The maximum atomic E-state index is 6.15. The molecule has 0 aliphatic carbocycles. The molecule has 3 heteroatoms. The van der Waals surface area contributed by atoms with Crippen molar-refractivity contribution in [3.63, 3.8) is 0 Å². The van der Waals surface area contributed by atoms with Gasteiger partial charge in [0.25, 0.3) is 0 Å². The van der Waals surface area contributed by atoms with Crippen LogP contribution in [-0.2, 0) is 4.74 Å². The molecule has 0 aromatic heterocycles. The molecule has 1 saturated heterocycles. The molecule has 0 amide bonds. The molecule has 1 heterocycles. The number of methoxy groups -OCH3 is 1. The molecule has 1 aliphatic rings. The Hall–Kier alpha value is -1.58. The summed E-state index contributed by atoms with van der Waals surface area (Å²) in [6.45, 7) is 0.720. The quantitative estimate of drug-likeness (QED) is 0.881. The fraction of sp³-hybridized carbons (Fsp3) is 0.333. The monoisotopic (exact) mass is 243 g/mol. The van der Waals surface area contributed by atoms with Crippen LogP contribution in [0, 0.1) is 0 Å². The molecule has 18 heavy (non-hydrogen) atoms. The van der Waals surface area contributed by atoms with Gasteiger partial charge in [0.05, 0.1) is 7.11 Å². The topological polar surface area (TPSA) is 44.5 Å². The molecular formula is C15H17NO2. The molecule has 0 saturated carbocycles. The van der Waals surface area contributed by atoms with E-state index < -0.39 is 0 Å². The van der Waals surface area contributed by atoms with E-state index in [0.717, 1.165) is 24.3 Å². The van der Waals surface area contributed by atoms with Gasteiger partial charge in [-0.25, -0.2) is 0 Å². The SMILES string of the molecule is COc1ccc2ccccc2c1C1OCCC1N. The second kappa shape index (κ2) is 4.59. The number of rotatable bonds is 2. The lowest BCUT2D eigenvalue weighted by atomic mass is 9.95. The van der Waals surface area contributed by atoms with Gasteiger partial charge in [0, 0.05) is 18.2 Å². The van der Waals surface area contributed by atoms with Gasteiger partial charge >= 0.3 is 0 Å². The highest BCUT2D eigenvalue weighted by Gasteiger charge is 2.30. The third-order valence-electron chi connectivity index (χ3n) is 3.57. The van der Waals surface area contributed by atoms with Gasteiger partial charge in [-0.2, -0.15) is 0 Å². The van der Waals surface area contributed by atoms with Gasteiger partial charge in [-0.1, -0.05) is 30.3 Å². The summed E-state index contributed by atoms with van der Waals surface area (Å²) < 4.78 is 11.3. The summed E-state index contributed by atoms with van der Waals surface area (Å²) >= 11 is 0. The zero-order valence-corrected chi connectivity index (χ0v) is 10.4. The summed E-state index contributed by atoms with van der Waals surface area (Å²) in [5.41, 5.74) is 7.23. The minimum absolute atomic E-state index is 0.0460. The van der Waals surface area contributed by atoms with Crippen molar-refractivity contribution in [2.24, 2.45) is 5.73 Å². The molecule has 94 valence electrons. The molecule has 1 fully saturated rings. The van der Waals surface area contributed by atoms with Crippen LogP contribution in [-0.4, -0.2) is 19.8 Å². The normalized spacial score (nSPS) is 23.4. The largest absolute Gasteiger partial charge is 0.496 e. The van der Waals surface area contributed by atoms with Crippen molar-refractivity contribution in [1.82, 2.24) is 0 Å². The third-order valence-corrected chi connectivity index (χ3v) is 3.57. The predicted molar refractivity (Wildman–Crippen MR) is 71.8 cm³/mol. The Labute approximate surface area is 106 Å². The Bertz CT molecular complexity index is 567. The molecule has 0 spiro atoms. The van der Waals surface area contributed by atoms with Gasteiger partial charge in [-0.15, -0.1) is 0 Å². The predicted octanol–water partition coefficient (Wildman–Crippen LogP) is 2.64. The van der Waals surface area contributed by atoms with Crippen LogP contribution in [0.4, 0.5) is 0 Å². The summed E-state index contributed by atoms with van der Waals surface area (Å²) in [5, 5.41) is 2.36. The second-order valence-electron chi connectivity index (χ2n) is 4.65. The molecule has 2 unspecified atom stereocenters. The molecule has 2 aromatic carbocycles. The zero-order valence-electron chi connectivity index (χ0n) is 10.4. The van der Waals surface area contributed by atoms with E-state index in [4.69, 9.17) is 15.2 Å². The van der Waals surface area contributed by atoms with Gasteiger partial charge < -0.3 is 15.2 Å². The van der Waals surface area contributed by atoms with E-state index in [1.54, 1.807) is 7.11 Å². The van der Waals surface area contributed by atoms with E-state index in [2.05, 4.69) is 18.2 Å². The van der Waals surface area contributed by atoms with Gasteiger partial charge in [0.15, 0.2) is 0 Å². The van der Waals surface area contributed by atoms with E-state index in [1.165, 1.54) is 10.8 Å². The first-order valence-corrected chi connectivity index (χ1v) is 6.24. The molecular weight excluding hydrogens is 226 g/mol. The zero-order chi connectivity index (χ0) is 12.5. The molecule has 2 aromatic rings. The van der Waals surface area contributed by atoms with Gasteiger partial charge in [0.2, 0.25) is 0 Å². The summed E-state index contributed by atoms with van der Waals surface area (Å²) in [6, 6.07) is 12.4. The summed E-state index contributed by atoms with van der Waals surface area (Å²) in [4.78, 5) is 0. The lowest BCUT2D eigenvalue weighted by Gasteiger charge is -2.20. The smallest absolute Gasteiger partial charge is 0.125 e. The first-order valence-electron chi connectivity index (χ1n) is 6.24. The number of benzene rings is 2. The van der Waals surface area contributed by atoms with Crippen molar-refractivity contribution in [3.05, 3.63) is 42.0 Å². The average Bonchev–Trinajstić information content (AvgIpc) is 2.83. The molecule has 2 atom stereocenters. The standard InChI is InChI=1S/C15H17NO2/c1-17-13-7-6-10-4-2-3-5-11(10)14(13)15-12(16)8-9-18-15/h2-7,12,15H,8-9,16H2,1H3. The van der Waals surface area contributed by atoms with Crippen molar-refractivity contribution in [2.75, 3.05) is 13.7 Å². The van der Waals surface area contributed by atoms with Crippen LogP contribution in [0.3, 0.4) is 0 Å². The number of fused-ring (bicyclic) bond motifs is 1. The Morgan fingerprint density at radius 1 is 1.22 bits per heavy atom. The highest BCUT2D eigenvalue weighted by Crippen LogP contribution is 2.38. The Balaban J connectivity index is 2.23. The van der Waals surface area contributed by atoms with E-state index >= 15 is 0 Å². The van der Waals surface area contributed by atoms with Crippen molar-refractivity contribution >= 4 is 10.8 Å². The van der Waals surface area contributed by atoms with Crippen molar-refractivity contribution in [2.45, 2.75) is 18.6 Å². The molecule has 1 aliphatic heterocycles. The van der Waals surface area contributed by atoms with Crippen molar-refractivity contribution in [3.8, 4) is 5.75 Å². The minimum Gasteiger partial charge on any atom is -0.496 e. The van der Waals surface area contributed by atoms with Gasteiger partial charge in [-0.3, -0.25) is 0 Å². The third kappa shape index (κ3) is 1.76. The second-order valence-corrected chi connectivity index (χ2v) is 4.65. The van der Waals surface area contributed by atoms with Gasteiger partial charge in [-0.05, 0) is 23.3 Å². The van der Waals surface area contributed by atoms with E-state index in [-0.39, 0.29) is 12.1 Å². The fourth-order valence-corrected chi connectivity index (χ4v) is 2.65. The van der Waals surface area contributed by atoms with Crippen molar-refractivity contribution < 1.29 is 9.47 Å². The van der Waals surface area contributed by atoms with Crippen LogP contribution in [0.2, 0.25) is 0 Å². The van der Waals surface area contributed by atoms with Crippen LogP contribution in [0.15, 0.2) is 36.4 Å². The lowest BCUT2D eigenvalue weighted by molar-refractivity contribution is 0.104. The maximum Gasteiger partial charge on any atom is 0.125 e. The van der Waals surface area contributed by atoms with Crippen LogP contribution in [0.5, 0.6) is 5.75 Å². The van der Waals surface area contributed by atoms with E-state index in [0.29, 0.717) is 0 Å². The maximum absolute atomic E-state index is 6.15. The lowest BCUT2D eigenvalue weighted by Crippen LogP contribution is -2.24. The molecule has 3 nitrogen and oxygen atoms in total. The first kappa shape index (κ1) is 11.5. The van der Waals surface area contributed by atoms with Crippen LogP contribution >= 0.6 is 0 Å². The van der Waals surface area contributed by atoms with Crippen LogP contribution in [0.25, 0.3) is 10.8 Å².